The summed E-state index contributed by atoms with van der Waals surface area (Å²) in [5.74, 6) is 1.91. The highest BCUT2D eigenvalue weighted by molar-refractivity contribution is 5.92. The highest BCUT2D eigenvalue weighted by atomic mass is 16.7. The highest BCUT2D eigenvalue weighted by Gasteiger charge is 2.17. The molecule has 0 radical (unpaired) electrons. The zero-order valence-electron chi connectivity index (χ0n) is 14.6. The molecule has 1 aromatic heterocycles. The number of nitrogens with zero attached hydrogens (tertiary/aromatic N) is 1. The van der Waals surface area contributed by atoms with Crippen LogP contribution in [0.3, 0.4) is 0 Å². The van der Waals surface area contributed by atoms with Crippen LogP contribution in [-0.2, 0) is 11.3 Å². The van der Waals surface area contributed by atoms with Gasteiger partial charge < -0.3 is 23.5 Å². The van der Waals surface area contributed by atoms with Crippen molar-refractivity contribution in [1.82, 2.24) is 5.16 Å². The van der Waals surface area contributed by atoms with Crippen LogP contribution in [0, 0.1) is 0 Å². The van der Waals surface area contributed by atoms with Crippen LogP contribution in [0.2, 0.25) is 0 Å². The van der Waals surface area contributed by atoms with E-state index in [1.165, 1.54) is 0 Å². The summed E-state index contributed by atoms with van der Waals surface area (Å²) >= 11 is 0. The molecular formula is C20H17NO6. The highest BCUT2D eigenvalue weighted by Crippen LogP contribution is 2.36. The molecule has 4 rings (SSSR count). The van der Waals surface area contributed by atoms with Gasteiger partial charge in [0.2, 0.25) is 6.79 Å². The van der Waals surface area contributed by atoms with Gasteiger partial charge in [-0.1, -0.05) is 17.3 Å². The van der Waals surface area contributed by atoms with Gasteiger partial charge in [-0.3, -0.25) is 0 Å². The van der Waals surface area contributed by atoms with Crippen LogP contribution in [0.1, 0.15) is 23.0 Å². The summed E-state index contributed by atoms with van der Waals surface area (Å²) in [6, 6.07) is 14.1. The largest absolute Gasteiger partial charge is 0.493 e. The van der Waals surface area contributed by atoms with Gasteiger partial charge in [0.25, 0.3) is 0 Å². The van der Waals surface area contributed by atoms with Crippen molar-refractivity contribution in [2.45, 2.75) is 13.5 Å². The summed E-state index contributed by atoms with van der Waals surface area (Å²) in [5, 5.41) is 3.95. The topological polar surface area (TPSA) is 80.0 Å². The van der Waals surface area contributed by atoms with E-state index in [0.29, 0.717) is 40.9 Å². The van der Waals surface area contributed by atoms with Gasteiger partial charge in [0.1, 0.15) is 23.6 Å². The van der Waals surface area contributed by atoms with Crippen LogP contribution in [-0.4, -0.2) is 24.5 Å². The van der Waals surface area contributed by atoms with Gasteiger partial charge in [-0.15, -0.1) is 0 Å². The lowest BCUT2D eigenvalue weighted by molar-refractivity contribution is 0.0460. The van der Waals surface area contributed by atoms with Crippen LogP contribution in [0.25, 0.3) is 11.3 Å². The fourth-order valence-corrected chi connectivity index (χ4v) is 2.70. The fraction of sp³-hybridized carbons (Fsp3) is 0.200. The molecule has 0 bridgehead atoms. The van der Waals surface area contributed by atoms with E-state index in [4.69, 9.17) is 23.5 Å². The smallest absolute Gasteiger partial charge is 0.342 e. The molecule has 3 aromatic rings. The molecule has 1 aliphatic heterocycles. The van der Waals surface area contributed by atoms with E-state index in [0.717, 1.165) is 5.56 Å². The second-order valence-corrected chi connectivity index (χ2v) is 5.76. The van der Waals surface area contributed by atoms with Crippen LogP contribution in [0.5, 0.6) is 17.2 Å². The van der Waals surface area contributed by atoms with Crippen molar-refractivity contribution in [3.63, 3.8) is 0 Å². The van der Waals surface area contributed by atoms with Crippen molar-refractivity contribution < 1.29 is 28.3 Å². The van der Waals surface area contributed by atoms with Gasteiger partial charge in [0, 0.05) is 11.6 Å². The summed E-state index contributed by atoms with van der Waals surface area (Å²) in [7, 11) is 0. The maximum atomic E-state index is 12.3. The summed E-state index contributed by atoms with van der Waals surface area (Å²) < 4.78 is 26.8. The van der Waals surface area contributed by atoms with Crippen molar-refractivity contribution in [1.29, 1.82) is 0 Å². The first-order valence-corrected chi connectivity index (χ1v) is 8.49. The molecule has 0 saturated carbocycles. The minimum Gasteiger partial charge on any atom is -0.493 e. The third kappa shape index (κ3) is 3.57. The number of para-hydroxylation sites is 1. The minimum atomic E-state index is -0.480. The number of esters is 1. The second kappa shape index (κ2) is 7.41. The van der Waals surface area contributed by atoms with Crippen molar-refractivity contribution in [2.24, 2.45) is 0 Å². The normalized spacial score (nSPS) is 12.0. The average Bonchev–Trinajstić information content (AvgIpc) is 3.35. The molecule has 2 heterocycles. The lowest BCUT2D eigenvalue weighted by Gasteiger charge is -2.08. The predicted octanol–water partition coefficient (Wildman–Crippen LogP) is 3.83. The molecule has 2 aromatic carbocycles. The standard InChI is InChI=1S/C20H17NO6/c1-2-23-16-6-4-3-5-15(16)20(22)24-11-14-10-18(27-21-14)13-7-8-17-19(9-13)26-12-25-17/h3-10H,2,11-12H2,1H3. The van der Waals surface area contributed by atoms with Crippen LogP contribution < -0.4 is 14.2 Å². The maximum absolute atomic E-state index is 12.3. The summed E-state index contributed by atoms with van der Waals surface area (Å²) in [4.78, 5) is 12.3. The van der Waals surface area contributed by atoms with E-state index in [2.05, 4.69) is 5.16 Å². The number of hydrogen-bond acceptors (Lipinski definition) is 7. The Bertz CT molecular complexity index is 965. The lowest BCUT2D eigenvalue weighted by atomic mass is 10.1. The molecular weight excluding hydrogens is 350 g/mol. The molecule has 0 unspecified atom stereocenters. The molecule has 27 heavy (non-hydrogen) atoms. The van der Waals surface area contributed by atoms with E-state index in [-0.39, 0.29) is 13.4 Å². The number of rotatable bonds is 6. The zero-order valence-corrected chi connectivity index (χ0v) is 14.6. The van der Waals surface area contributed by atoms with Gasteiger partial charge in [-0.2, -0.15) is 0 Å². The lowest BCUT2D eigenvalue weighted by Crippen LogP contribution is -2.08. The molecule has 0 spiro atoms. The van der Waals surface area contributed by atoms with Crippen molar-refractivity contribution in [2.75, 3.05) is 13.4 Å². The predicted molar refractivity (Wildman–Crippen MR) is 94.8 cm³/mol. The minimum absolute atomic E-state index is 0.00660. The molecule has 0 aliphatic carbocycles. The first-order chi connectivity index (χ1) is 13.2. The van der Waals surface area contributed by atoms with Crippen molar-refractivity contribution in [3.8, 4) is 28.6 Å². The van der Waals surface area contributed by atoms with E-state index in [1.807, 2.05) is 25.1 Å². The third-order valence-corrected chi connectivity index (χ3v) is 3.97. The van der Waals surface area contributed by atoms with Crippen molar-refractivity contribution in [3.05, 3.63) is 59.8 Å². The first kappa shape index (κ1) is 17.0. The average molecular weight is 367 g/mol. The molecule has 0 fully saturated rings. The molecule has 7 heteroatoms. The Kier molecular flexibility index (Phi) is 4.65. The number of hydrogen-bond donors (Lipinski definition) is 0. The Morgan fingerprint density at radius 2 is 1.96 bits per heavy atom. The summed E-state index contributed by atoms with van der Waals surface area (Å²) in [6.07, 6.45) is 0. The molecule has 0 atom stereocenters. The second-order valence-electron chi connectivity index (χ2n) is 5.76. The Balaban J connectivity index is 1.43. The number of aromatic nitrogens is 1. The first-order valence-electron chi connectivity index (χ1n) is 8.49. The molecule has 0 saturated heterocycles. The van der Waals surface area contributed by atoms with Gasteiger partial charge in [-0.25, -0.2) is 4.79 Å². The van der Waals surface area contributed by atoms with E-state index in [1.54, 1.807) is 30.3 Å². The number of ether oxygens (including phenoxy) is 4. The zero-order chi connectivity index (χ0) is 18.6. The Labute approximate surface area is 155 Å². The van der Waals surface area contributed by atoms with Crippen molar-refractivity contribution >= 4 is 5.97 Å². The number of carbonyl (C=O) groups is 1. The monoisotopic (exact) mass is 367 g/mol. The molecule has 0 N–H and O–H groups in total. The van der Waals surface area contributed by atoms with Crippen LogP contribution >= 0.6 is 0 Å². The number of carbonyl (C=O) groups excluding carboxylic acids is 1. The molecule has 138 valence electrons. The molecule has 0 amide bonds. The summed E-state index contributed by atoms with van der Waals surface area (Å²) in [5.41, 5.74) is 1.68. The quantitative estimate of drug-likeness (QED) is 0.613. The fourth-order valence-electron chi connectivity index (χ4n) is 2.70. The maximum Gasteiger partial charge on any atom is 0.342 e. The Morgan fingerprint density at radius 3 is 2.85 bits per heavy atom. The molecule has 7 nitrogen and oxygen atoms in total. The Hall–Kier alpha value is -3.48. The van der Waals surface area contributed by atoms with Gasteiger partial charge in [0.15, 0.2) is 17.3 Å². The van der Waals surface area contributed by atoms with E-state index < -0.39 is 5.97 Å². The van der Waals surface area contributed by atoms with Crippen LogP contribution in [0.4, 0.5) is 0 Å². The summed E-state index contributed by atoms with van der Waals surface area (Å²) in [6.45, 7) is 2.52. The van der Waals surface area contributed by atoms with Gasteiger partial charge in [-0.05, 0) is 37.3 Å². The van der Waals surface area contributed by atoms with Crippen LogP contribution in [0.15, 0.2) is 53.1 Å². The molecule has 1 aliphatic rings. The number of benzene rings is 2. The number of fused-ring (bicyclic) bond motifs is 1. The van der Waals surface area contributed by atoms with Gasteiger partial charge in [0.05, 0.1) is 6.61 Å². The van der Waals surface area contributed by atoms with E-state index in [9.17, 15) is 4.79 Å². The Morgan fingerprint density at radius 1 is 1.11 bits per heavy atom. The third-order valence-electron chi connectivity index (χ3n) is 3.97. The SMILES string of the molecule is CCOc1ccccc1C(=O)OCc1cc(-c2ccc3c(c2)OCO3)on1. The van der Waals surface area contributed by atoms with Gasteiger partial charge >= 0.3 is 5.97 Å². The van der Waals surface area contributed by atoms with E-state index >= 15 is 0 Å².